The maximum absolute atomic E-state index is 12.2. The number of para-hydroxylation sites is 1. The van der Waals surface area contributed by atoms with Crippen LogP contribution in [0.25, 0.3) is 0 Å². The van der Waals surface area contributed by atoms with Gasteiger partial charge in [0.15, 0.2) is 5.72 Å². The number of rotatable bonds is 4. The zero-order valence-corrected chi connectivity index (χ0v) is 20.1. The first kappa shape index (κ1) is 21.7. The summed E-state index contributed by atoms with van der Waals surface area (Å²) in [6, 6.07) is 8.72. The van der Waals surface area contributed by atoms with E-state index in [0.29, 0.717) is 42.2 Å². The van der Waals surface area contributed by atoms with Crippen molar-refractivity contribution >= 4 is 16.1 Å². The summed E-state index contributed by atoms with van der Waals surface area (Å²) in [6.45, 7) is 11.3. The van der Waals surface area contributed by atoms with Gasteiger partial charge >= 0.3 is 10.4 Å². The maximum atomic E-state index is 12.2. The SMILES string of the molecule is CC1(C)CC(c2ccccc2N2CCN3OS(=O)(=O)OC3(CC3CC3)C2)CC(C)(C)C1. The van der Waals surface area contributed by atoms with E-state index in [4.69, 9.17) is 8.47 Å². The second-order valence-electron chi connectivity index (χ2n) is 11.9. The number of nitrogens with zero attached hydrogens (tertiary/aromatic N) is 2. The summed E-state index contributed by atoms with van der Waals surface area (Å²) in [4.78, 5) is 2.34. The summed E-state index contributed by atoms with van der Waals surface area (Å²) in [5.74, 6) is 1.02. The monoisotopic (exact) mass is 448 g/mol. The molecule has 0 amide bonds. The largest absolute Gasteiger partial charge is 0.418 e. The fourth-order valence-corrected chi connectivity index (χ4v) is 7.77. The number of hydrogen-bond acceptors (Lipinski definition) is 6. The van der Waals surface area contributed by atoms with Gasteiger partial charge in [0.2, 0.25) is 0 Å². The predicted octanol–water partition coefficient (Wildman–Crippen LogP) is 4.83. The molecule has 4 aliphatic rings. The Morgan fingerprint density at radius 3 is 2.39 bits per heavy atom. The van der Waals surface area contributed by atoms with Crippen molar-refractivity contribution in [3.8, 4) is 0 Å². The second kappa shape index (κ2) is 7.17. The molecule has 2 heterocycles. The topological polar surface area (TPSA) is 59.1 Å². The molecule has 2 saturated heterocycles. The lowest BCUT2D eigenvalue weighted by Gasteiger charge is -2.47. The summed E-state index contributed by atoms with van der Waals surface area (Å²) in [7, 11) is -3.97. The first-order chi connectivity index (χ1) is 14.5. The van der Waals surface area contributed by atoms with Gasteiger partial charge < -0.3 is 4.90 Å². The van der Waals surface area contributed by atoms with Gasteiger partial charge in [-0.3, -0.25) is 0 Å². The summed E-state index contributed by atoms with van der Waals surface area (Å²) in [5, 5.41) is 1.59. The van der Waals surface area contributed by atoms with E-state index >= 15 is 0 Å². The normalized spacial score (nSPS) is 32.7. The lowest BCUT2D eigenvalue weighted by atomic mass is 9.60. The Hall–Kier alpha value is -1.15. The van der Waals surface area contributed by atoms with E-state index in [0.717, 1.165) is 19.4 Å². The highest BCUT2D eigenvalue weighted by Gasteiger charge is 2.57. The highest BCUT2D eigenvalue weighted by molar-refractivity contribution is 7.82. The molecule has 1 aromatic carbocycles. The Morgan fingerprint density at radius 1 is 1.03 bits per heavy atom. The Labute approximate surface area is 187 Å². The van der Waals surface area contributed by atoms with Crippen LogP contribution in [0.5, 0.6) is 0 Å². The highest BCUT2D eigenvalue weighted by Crippen LogP contribution is 2.53. The summed E-state index contributed by atoms with van der Waals surface area (Å²) < 4.78 is 35.3. The third kappa shape index (κ3) is 4.39. The number of fused-ring (bicyclic) bond motifs is 1. The van der Waals surface area contributed by atoms with Crippen LogP contribution in [0.4, 0.5) is 5.69 Å². The second-order valence-corrected chi connectivity index (χ2v) is 13.0. The number of hydroxylamine groups is 2. The standard InChI is InChI=1S/C24H36N2O4S/c1-22(2)14-19(15-23(3,4)16-22)20-7-5-6-8-21(20)25-11-12-26-24(17-25,13-18-9-10-18)29-31(27,28)30-26/h5-8,18-19H,9-17H2,1-4H3. The van der Waals surface area contributed by atoms with E-state index in [-0.39, 0.29) is 0 Å². The Kier molecular flexibility index (Phi) is 5.02. The predicted molar refractivity (Wildman–Crippen MR) is 121 cm³/mol. The van der Waals surface area contributed by atoms with Crippen LogP contribution in [-0.2, 0) is 18.9 Å². The van der Waals surface area contributed by atoms with Gasteiger partial charge in [-0.1, -0.05) is 58.7 Å². The molecule has 5 rings (SSSR count). The van der Waals surface area contributed by atoms with Crippen LogP contribution < -0.4 is 4.90 Å². The Bertz CT molecular complexity index is 940. The van der Waals surface area contributed by atoms with Crippen molar-refractivity contribution in [3.05, 3.63) is 29.8 Å². The van der Waals surface area contributed by atoms with Crippen molar-refractivity contribution in [2.45, 2.75) is 77.9 Å². The molecule has 1 aromatic rings. The summed E-state index contributed by atoms with van der Waals surface area (Å²) in [6.07, 6.45) is 6.58. The maximum Gasteiger partial charge on any atom is 0.418 e. The van der Waals surface area contributed by atoms with E-state index in [9.17, 15) is 8.42 Å². The van der Waals surface area contributed by atoms with E-state index in [2.05, 4.69) is 56.9 Å². The van der Waals surface area contributed by atoms with E-state index in [1.54, 1.807) is 5.06 Å². The molecule has 0 bridgehead atoms. The van der Waals surface area contributed by atoms with Gasteiger partial charge in [-0.15, -0.1) is 5.06 Å². The van der Waals surface area contributed by atoms with Crippen LogP contribution in [0.1, 0.15) is 77.7 Å². The summed E-state index contributed by atoms with van der Waals surface area (Å²) in [5.41, 5.74) is 2.32. The van der Waals surface area contributed by atoms with Crippen LogP contribution in [0, 0.1) is 16.7 Å². The molecular weight excluding hydrogens is 412 g/mol. The van der Waals surface area contributed by atoms with Gasteiger partial charge in [0.05, 0.1) is 6.54 Å². The summed E-state index contributed by atoms with van der Waals surface area (Å²) >= 11 is 0. The van der Waals surface area contributed by atoms with Crippen molar-refractivity contribution in [3.63, 3.8) is 0 Å². The van der Waals surface area contributed by atoms with Crippen molar-refractivity contribution in [1.82, 2.24) is 5.06 Å². The Morgan fingerprint density at radius 2 is 1.71 bits per heavy atom. The fourth-order valence-electron chi connectivity index (χ4n) is 6.73. The number of anilines is 1. The van der Waals surface area contributed by atoms with Crippen molar-refractivity contribution in [1.29, 1.82) is 0 Å². The molecule has 0 radical (unpaired) electrons. The van der Waals surface area contributed by atoms with Crippen molar-refractivity contribution in [2.24, 2.45) is 16.7 Å². The van der Waals surface area contributed by atoms with E-state index in [1.165, 1.54) is 30.5 Å². The number of piperazine rings is 1. The van der Waals surface area contributed by atoms with E-state index < -0.39 is 16.1 Å². The lowest BCUT2D eigenvalue weighted by Crippen LogP contribution is -2.60. The van der Waals surface area contributed by atoms with Crippen molar-refractivity contribution < 1.29 is 16.9 Å². The lowest BCUT2D eigenvalue weighted by molar-refractivity contribution is -0.178. The third-order valence-electron chi connectivity index (χ3n) is 7.48. The fraction of sp³-hybridized carbons (Fsp3) is 0.750. The van der Waals surface area contributed by atoms with Gasteiger partial charge in [-0.2, -0.15) is 12.7 Å². The number of benzene rings is 1. The molecular formula is C24H36N2O4S. The van der Waals surface area contributed by atoms with Crippen LogP contribution in [0.15, 0.2) is 24.3 Å². The van der Waals surface area contributed by atoms with Crippen LogP contribution in [0.3, 0.4) is 0 Å². The van der Waals surface area contributed by atoms with Gasteiger partial charge in [0, 0.05) is 18.8 Å². The Balaban J connectivity index is 1.46. The molecule has 31 heavy (non-hydrogen) atoms. The minimum Gasteiger partial charge on any atom is -0.365 e. The van der Waals surface area contributed by atoms with Crippen molar-refractivity contribution in [2.75, 3.05) is 24.5 Å². The molecule has 1 unspecified atom stereocenters. The number of hydrogen-bond donors (Lipinski definition) is 0. The average Bonchev–Trinajstić information content (AvgIpc) is 3.39. The van der Waals surface area contributed by atoms with Crippen LogP contribution >= 0.6 is 0 Å². The molecule has 0 aromatic heterocycles. The van der Waals surface area contributed by atoms with E-state index in [1.807, 2.05) is 0 Å². The molecule has 7 heteroatoms. The zero-order valence-electron chi connectivity index (χ0n) is 19.3. The molecule has 4 fully saturated rings. The highest BCUT2D eigenvalue weighted by atomic mass is 32.3. The quantitative estimate of drug-likeness (QED) is 0.657. The van der Waals surface area contributed by atoms with Crippen LogP contribution in [0.2, 0.25) is 0 Å². The first-order valence-electron chi connectivity index (χ1n) is 11.7. The average molecular weight is 449 g/mol. The minimum atomic E-state index is -3.97. The molecule has 0 spiro atoms. The van der Waals surface area contributed by atoms with Gasteiger partial charge in [0.25, 0.3) is 0 Å². The molecule has 2 aliphatic heterocycles. The van der Waals surface area contributed by atoms with Gasteiger partial charge in [-0.05, 0) is 60.0 Å². The first-order valence-corrected chi connectivity index (χ1v) is 13.1. The minimum absolute atomic E-state index is 0.307. The van der Waals surface area contributed by atoms with Gasteiger partial charge in [-0.25, -0.2) is 4.18 Å². The molecule has 172 valence electrons. The third-order valence-corrected chi connectivity index (χ3v) is 8.36. The van der Waals surface area contributed by atoms with Crippen LogP contribution in [-0.4, -0.2) is 38.8 Å². The molecule has 1 atom stereocenters. The smallest absolute Gasteiger partial charge is 0.365 e. The molecule has 2 aliphatic carbocycles. The molecule has 0 N–H and O–H groups in total. The molecule has 2 saturated carbocycles. The van der Waals surface area contributed by atoms with Gasteiger partial charge in [0.1, 0.15) is 0 Å². The zero-order chi connectivity index (χ0) is 22.1. The molecule has 6 nitrogen and oxygen atoms in total.